The van der Waals surface area contributed by atoms with Crippen molar-refractivity contribution in [1.29, 1.82) is 0 Å². The Bertz CT molecular complexity index is 1480. The van der Waals surface area contributed by atoms with Crippen molar-refractivity contribution in [3.05, 3.63) is 65.3 Å². The maximum absolute atomic E-state index is 13.4. The first-order valence-electron chi connectivity index (χ1n) is 12.6. The Hall–Kier alpha value is -4.21. The van der Waals surface area contributed by atoms with Crippen LogP contribution in [-0.2, 0) is 4.74 Å². The van der Waals surface area contributed by atoms with Crippen molar-refractivity contribution in [3.63, 3.8) is 0 Å². The first kappa shape index (κ1) is 23.2. The van der Waals surface area contributed by atoms with Gasteiger partial charge in [0.25, 0.3) is 5.91 Å². The third-order valence-electron chi connectivity index (χ3n) is 7.31. The van der Waals surface area contributed by atoms with E-state index >= 15 is 0 Å². The van der Waals surface area contributed by atoms with Crippen LogP contribution < -0.4 is 5.32 Å². The summed E-state index contributed by atoms with van der Waals surface area (Å²) in [5.41, 5.74) is 5.18. The number of rotatable bonds is 5. The van der Waals surface area contributed by atoms with Crippen LogP contribution in [0, 0.1) is 6.92 Å². The fourth-order valence-corrected chi connectivity index (χ4v) is 4.91. The van der Waals surface area contributed by atoms with Crippen LogP contribution >= 0.6 is 0 Å². The fourth-order valence-electron chi connectivity index (χ4n) is 4.91. The minimum absolute atomic E-state index is 0.244. The third kappa shape index (κ3) is 4.54. The van der Waals surface area contributed by atoms with Crippen molar-refractivity contribution in [1.82, 2.24) is 24.7 Å². The van der Waals surface area contributed by atoms with E-state index in [0.29, 0.717) is 47.6 Å². The average molecular weight is 501 g/mol. The molecule has 0 atom stereocenters. The Morgan fingerprint density at radius 1 is 1.05 bits per heavy atom. The highest BCUT2D eigenvalue weighted by atomic mass is 16.5. The van der Waals surface area contributed by atoms with Crippen LogP contribution in [0.15, 0.2) is 47.4 Å². The molecular formula is C27H28N6O4. The van der Waals surface area contributed by atoms with Gasteiger partial charge in [-0.2, -0.15) is 5.10 Å². The van der Waals surface area contributed by atoms with Gasteiger partial charge in [0.1, 0.15) is 11.5 Å². The van der Waals surface area contributed by atoms with Gasteiger partial charge < -0.3 is 19.5 Å². The molecule has 4 aromatic heterocycles. The van der Waals surface area contributed by atoms with Crippen LogP contribution in [0.3, 0.4) is 0 Å². The highest BCUT2D eigenvalue weighted by molar-refractivity contribution is 6.09. The summed E-state index contributed by atoms with van der Waals surface area (Å²) in [6.07, 6.45) is 8.85. The van der Waals surface area contributed by atoms with Crippen molar-refractivity contribution in [2.45, 2.75) is 44.4 Å². The molecule has 10 nitrogen and oxygen atoms in total. The Morgan fingerprint density at radius 2 is 1.86 bits per heavy atom. The van der Waals surface area contributed by atoms with Gasteiger partial charge in [-0.3, -0.25) is 9.78 Å². The molecule has 1 saturated heterocycles. The van der Waals surface area contributed by atoms with Crippen molar-refractivity contribution in [2.75, 3.05) is 25.5 Å². The molecule has 37 heavy (non-hydrogen) atoms. The maximum Gasteiger partial charge on any atom is 0.409 e. The van der Waals surface area contributed by atoms with Crippen molar-refractivity contribution in [3.8, 4) is 11.4 Å². The molecule has 2 fully saturated rings. The predicted octanol–water partition coefficient (Wildman–Crippen LogP) is 4.77. The molecule has 1 aliphatic carbocycles. The molecule has 1 saturated carbocycles. The normalized spacial score (nSPS) is 16.2. The molecule has 0 spiro atoms. The number of likely N-dealkylation sites (tertiary alicyclic amines) is 1. The van der Waals surface area contributed by atoms with Crippen molar-refractivity contribution in [2.24, 2.45) is 0 Å². The number of hydrogen-bond donors (Lipinski definition) is 1. The number of nitrogens with one attached hydrogen (secondary N) is 1. The van der Waals surface area contributed by atoms with E-state index in [0.717, 1.165) is 48.1 Å². The molecule has 4 aromatic rings. The first-order valence-corrected chi connectivity index (χ1v) is 12.6. The summed E-state index contributed by atoms with van der Waals surface area (Å²) in [7, 11) is 1.40. The van der Waals surface area contributed by atoms with E-state index in [9.17, 15) is 9.59 Å². The van der Waals surface area contributed by atoms with Gasteiger partial charge >= 0.3 is 6.09 Å². The molecule has 0 radical (unpaired) electrons. The summed E-state index contributed by atoms with van der Waals surface area (Å²) >= 11 is 0. The van der Waals surface area contributed by atoms with Gasteiger partial charge in [0, 0.05) is 43.2 Å². The first-order chi connectivity index (χ1) is 18.0. The molecule has 2 aliphatic rings. The second-order valence-corrected chi connectivity index (χ2v) is 9.81. The third-order valence-corrected chi connectivity index (χ3v) is 7.31. The molecule has 5 heterocycles. The van der Waals surface area contributed by atoms with Crippen LogP contribution in [0.2, 0.25) is 0 Å². The van der Waals surface area contributed by atoms with E-state index in [2.05, 4.69) is 20.6 Å². The Kier molecular flexibility index (Phi) is 5.86. The molecule has 0 bridgehead atoms. The summed E-state index contributed by atoms with van der Waals surface area (Å²) in [6.45, 7) is 3.19. The standard InChI is InChI=1S/C27H28N6O4/c1-16-14-28-22(23-13-25(37-31-23)18-3-4-18)12-21(16)30-26(34)20-15-29-33-10-7-19(11-24(20)33)17-5-8-32(9-6-17)27(35)36-2/h7,10-15,17-18H,3-6,8-9H2,1-2H3,(H,28,30,34). The molecule has 2 amide bonds. The molecule has 0 aromatic carbocycles. The maximum atomic E-state index is 13.4. The lowest BCUT2D eigenvalue weighted by molar-refractivity contribution is 0.102. The van der Waals surface area contributed by atoms with Crippen LogP contribution in [0.5, 0.6) is 0 Å². The zero-order chi connectivity index (χ0) is 25.5. The summed E-state index contributed by atoms with van der Waals surface area (Å²) < 4.78 is 12.0. The molecule has 190 valence electrons. The number of hydrogen-bond acceptors (Lipinski definition) is 7. The minimum Gasteiger partial charge on any atom is -0.453 e. The molecule has 10 heteroatoms. The Labute approximate surface area is 213 Å². The van der Waals surface area contributed by atoms with E-state index in [-0.39, 0.29) is 12.0 Å². The van der Waals surface area contributed by atoms with E-state index in [4.69, 9.17) is 9.26 Å². The number of anilines is 1. The van der Waals surface area contributed by atoms with E-state index in [1.807, 2.05) is 37.4 Å². The van der Waals surface area contributed by atoms with Crippen molar-refractivity contribution < 1.29 is 18.8 Å². The Balaban J connectivity index is 1.21. The number of aryl methyl sites for hydroxylation is 1. The van der Waals surface area contributed by atoms with Crippen LogP contribution in [0.25, 0.3) is 16.9 Å². The topological polar surface area (TPSA) is 115 Å². The number of carbonyl (C=O) groups is 2. The van der Waals surface area contributed by atoms with E-state index < -0.39 is 0 Å². The van der Waals surface area contributed by atoms with Gasteiger partial charge in [-0.05, 0) is 67.9 Å². The number of fused-ring (bicyclic) bond motifs is 1. The van der Waals surface area contributed by atoms with Gasteiger partial charge in [-0.15, -0.1) is 0 Å². The van der Waals surface area contributed by atoms with Gasteiger partial charge in [0.05, 0.1) is 30.1 Å². The number of amides is 2. The molecule has 1 aliphatic heterocycles. The minimum atomic E-state index is -0.287. The number of nitrogens with zero attached hydrogens (tertiary/aromatic N) is 5. The molecular weight excluding hydrogens is 472 g/mol. The van der Waals surface area contributed by atoms with Gasteiger partial charge in [0.2, 0.25) is 0 Å². The highest BCUT2D eigenvalue weighted by Crippen LogP contribution is 2.41. The lowest BCUT2D eigenvalue weighted by Gasteiger charge is -2.31. The molecule has 0 unspecified atom stereocenters. The molecule has 6 rings (SSSR count). The molecule has 1 N–H and O–H groups in total. The zero-order valence-corrected chi connectivity index (χ0v) is 20.8. The lowest BCUT2D eigenvalue weighted by atomic mass is 9.90. The van der Waals surface area contributed by atoms with Crippen LogP contribution in [0.4, 0.5) is 10.5 Å². The largest absolute Gasteiger partial charge is 0.453 e. The zero-order valence-electron chi connectivity index (χ0n) is 20.8. The number of methoxy groups -OCH3 is 1. The SMILES string of the molecule is COC(=O)N1CCC(c2ccn3ncc(C(=O)Nc4cc(-c5cc(C6CC6)on5)ncc4C)c3c2)CC1. The Morgan fingerprint density at radius 3 is 2.62 bits per heavy atom. The monoisotopic (exact) mass is 500 g/mol. The number of aromatic nitrogens is 4. The quantitative estimate of drug-likeness (QED) is 0.420. The fraction of sp³-hybridized carbons (Fsp3) is 0.370. The van der Waals surface area contributed by atoms with Gasteiger partial charge in [0.15, 0.2) is 0 Å². The van der Waals surface area contributed by atoms with E-state index in [1.54, 1.807) is 21.8 Å². The lowest BCUT2D eigenvalue weighted by Crippen LogP contribution is -2.37. The smallest absolute Gasteiger partial charge is 0.409 e. The number of ether oxygens (including phenoxy) is 1. The summed E-state index contributed by atoms with van der Waals surface area (Å²) in [4.78, 5) is 31.4. The van der Waals surface area contributed by atoms with E-state index in [1.165, 1.54) is 7.11 Å². The summed E-state index contributed by atoms with van der Waals surface area (Å²) in [5, 5.41) is 11.6. The summed E-state index contributed by atoms with van der Waals surface area (Å²) in [5.74, 6) is 1.41. The van der Waals surface area contributed by atoms with Gasteiger partial charge in [-0.1, -0.05) is 5.16 Å². The second-order valence-electron chi connectivity index (χ2n) is 9.81. The summed E-state index contributed by atoms with van der Waals surface area (Å²) in [6, 6.07) is 7.82. The van der Waals surface area contributed by atoms with Crippen molar-refractivity contribution >= 4 is 23.2 Å². The van der Waals surface area contributed by atoms with Crippen LogP contribution in [-0.4, -0.2) is 56.9 Å². The average Bonchev–Trinajstić information content (AvgIpc) is 3.50. The number of piperidine rings is 1. The number of carbonyl (C=O) groups excluding carboxylic acids is 2. The predicted molar refractivity (Wildman–Crippen MR) is 136 cm³/mol. The highest BCUT2D eigenvalue weighted by Gasteiger charge is 2.28. The second kappa shape index (κ2) is 9.34. The van der Waals surface area contributed by atoms with Crippen LogP contribution in [0.1, 0.15) is 64.8 Å². The van der Waals surface area contributed by atoms with Gasteiger partial charge in [-0.25, -0.2) is 9.31 Å². The number of pyridine rings is 2.